The summed E-state index contributed by atoms with van der Waals surface area (Å²) < 4.78 is 21.4. The van der Waals surface area contributed by atoms with Crippen molar-refractivity contribution in [2.24, 2.45) is 0 Å². The highest BCUT2D eigenvalue weighted by molar-refractivity contribution is 6.39. The van der Waals surface area contributed by atoms with Gasteiger partial charge in [-0.3, -0.25) is 0 Å². The molecule has 0 atom stereocenters. The molecule has 0 unspecified atom stereocenters. The zero-order valence-electron chi connectivity index (χ0n) is 74.6. The minimum Gasteiger partial charge on any atom is -0.456 e. The van der Waals surface area contributed by atoms with Crippen molar-refractivity contribution in [3.05, 3.63) is 436 Å². The summed E-state index contributed by atoms with van der Waals surface area (Å²) >= 11 is 0. The first-order valence-electron chi connectivity index (χ1n) is 47.6. The fourth-order valence-corrected chi connectivity index (χ4v) is 25.5. The van der Waals surface area contributed by atoms with Gasteiger partial charge < -0.3 is 13.3 Å². The second kappa shape index (κ2) is 27.9. The van der Waals surface area contributed by atoms with E-state index >= 15 is 0 Å². The molecule has 3 nitrogen and oxygen atoms in total. The van der Waals surface area contributed by atoms with Crippen LogP contribution in [0.5, 0.6) is 0 Å². The summed E-state index contributed by atoms with van der Waals surface area (Å²) in [6, 6.07) is 159. The quantitative estimate of drug-likeness (QED) is 0.145. The first kappa shape index (κ1) is 74.8. The SMILES string of the molecule is Cc1cccc(C)c1-c1ccc2c(ccc3oc4cc5c6c(cccc6c4c32)-c2c-5c(-c3ccc(-c4ccc(-c5c6c(c(-c7ccccc7)c7ccccc57)-c5cc7oc8ccc9ccccc9c8c7c7cccc-6c57)cc4)cc3)c3ccccc3c2-c2ccc(-c3ccc(-c4c5c(c(-c6ccccc6)c6ccccc46)-c4cccc6c4c-5cc4oc5c7ccccc7ccc5c46)cc3)cc2)c1. The highest BCUT2D eigenvalue weighted by Crippen LogP contribution is 2.65. The lowest BCUT2D eigenvalue weighted by Crippen LogP contribution is -1.94. The summed E-state index contributed by atoms with van der Waals surface area (Å²) in [6.45, 7) is 4.44. The molecule has 25 aromatic carbocycles. The summed E-state index contributed by atoms with van der Waals surface area (Å²) in [5, 5.41) is 28.6. The molecule has 28 aromatic rings. The minimum atomic E-state index is 0.875. The van der Waals surface area contributed by atoms with Gasteiger partial charge >= 0.3 is 0 Å². The maximum atomic E-state index is 7.28. The smallest absolute Gasteiger partial charge is 0.143 e. The van der Waals surface area contributed by atoms with Crippen LogP contribution in [0.1, 0.15) is 11.1 Å². The Balaban J connectivity index is 0.556. The van der Waals surface area contributed by atoms with E-state index in [1.807, 2.05) is 0 Å². The second-order valence-electron chi connectivity index (χ2n) is 38.0. The van der Waals surface area contributed by atoms with Gasteiger partial charge in [0.2, 0.25) is 0 Å². The van der Waals surface area contributed by atoms with Gasteiger partial charge in [-0.15, -0.1) is 0 Å². The molecule has 0 N–H and O–H groups in total. The van der Waals surface area contributed by atoms with Gasteiger partial charge in [0.25, 0.3) is 0 Å². The molecule has 0 spiro atoms. The average Bonchev–Trinajstić information content (AvgIpc) is 1.53. The Morgan fingerprint density at radius 2 is 0.409 bits per heavy atom. The molecule has 630 valence electrons. The molecule has 3 aliphatic rings. The maximum absolute atomic E-state index is 7.28. The first-order chi connectivity index (χ1) is 67.8. The van der Waals surface area contributed by atoms with E-state index in [2.05, 4.69) is 438 Å². The fraction of sp³-hybridized carbons (Fsp3) is 0.0149. The Morgan fingerprint density at radius 1 is 0.131 bits per heavy atom. The number of hydrogen-bond donors (Lipinski definition) is 0. The molecule has 3 heteroatoms. The van der Waals surface area contributed by atoms with Gasteiger partial charge in [0.15, 0.2) is 0 Å². The van der Waals surface area contributed by atoms with Crippen molar-refractivity contribution in [2.75, 3.05) is 0 Å². The van der Waals surface area contributed by atoms with Crippen LogP contribution < -0.4 is 0 Å². The van der Waals surface area contributed by atoms with E-state index in [1.54, 1.807) is 0 Å². The first-order valence-corrected chi connectivity index (χ1v) is 47.6. The number of furan rings is 3. The van der Waals surface area contributed by atoms with Gasteiger partial charge in [0.05, 0.1) is 0 Å². The highest BCUT2D eigenvalue weighted by Gasteiger charge is 2.38. The van der Waals surface area contributed by atoms with Gasteiger partial charge in [-0.25, -0.2) is 0 Å². The number of rotatable bonds is 9. The topological polar surface area (TPSA) is 39.4 Å². The van der Waals surface area contributed by atoms with E-state index in [4.69, 9.17) is 13.3 Å². The number of benzene rings is 25. The summed E-state index contributed by atoms with van der Waals surface area (Å²) in [5.74, 6) is 0. The lowest BCUT2D eigenvalue weighted by atomic mass is 9.82. The predicted molar refractivity (Wildman–Crippen MR) is 578 cm³/mol. The van der Waals surface area contributed by atoms with Crippen LogP contribution in [0.15, 0.2) is 438 Å². The van der Waals surface area contributed by atoms with Gasteiger partial charge in [-0.05, 0) is 326 Å². The summed E-state index contributed by atoms with van der Waals surface area (Å²) in [6.07, 6.45) is 0. The van der Waals surface area contributed by atoms with E-state index in [9.17, 15) is 0 Å². The molecule has 0 bridgehead atoms. The Morgan fingerprint density at radius 3 is 0.818 bits per heavy atom. The van der Waals surface area contributed by atoms with Crippen LogP contribution in [0.2, 0.25) is 0 Å². The van der Waals surface area contributed by atoms with Gasteiger partial charge in [0, 0.05) is 37.7 Å². The number of aryl methyl sites for hydroxylation is 2. The van der Waals surface area contributed by atoms with Crippen molar-refractivity contribution in [1.29, 1.82) is 0 Å². The lowest BCUT2D eigenvalue weighted by molar-refractivity contribution is 0.669. The van der Waals surface area contributed by atoms with Crippen molar-refractivity contribution in [3.63, 3.8) is 0 Å². The third-order valence-corrected chi connectivity index (χ3v) is 31.1. The molecule has 31 rings (SSSR count). The largest absolute Gasteiger partial charge is 0.456 e. The van der Waals surface area contributed by atoms with Gasteiger partial charge in [0.1, 0.15) is 33.5 Å². The third-order valence-electron chi connectivity index (χ3n) is 31.1. The Bertz CT molecular complexity index is 10300. The van der Waals surface area contributed by atoms with Crippen molar-refractivity contribution in [3.8, 4) is 167 Å². The summed E-state index contributed by atoms with van der Waals surface area (Å²) in [5.41, 5.74) is 44.1. The van der Waals surface area contributed by atoms with Gasteiger partial charge in [-0.2, -0.15) is 0 Å². The Hall–Kier alpha value is -17.8. The van der Waals surface area contributed by atoms with Crippen molar-refractivity contribution >= 4 is 163 Å². The molecule has 0 saturated carbocycles. The van der Waals surface area contributed by atoms with Crippen LogP contribution in [0.3, 0.4) is 0 Å². The van der Waals surface area contributed by atoms with Crippen LogP contribution in [-0.4, -0.2) is 0 Å². The Kier molecular flexibility index (Phi) is 15.3. The zero-order valence-corrected chi connectivity index (χ0v) is 74.6. The molecule has 0 amide bonds. The van der Waals surface area contributed by atoms with Crippen LogP contribution in [0, 0.1) is 13.8 Å². The standard InChI is InChI=1S/C134H76O3/c1-73-23-19-24-74(2)113(73)88-62-65-90-87(69-88)64-68-109-125(90)127-100-41-22-44-103-122(100)107(72-112(127)136-109)133-119(86-59-51-78(52-60-86)75-45-53-83(54-46-75)116-94-35-15-14-34-93(94)115(82-29-7-4-8-30-82)131-106-71-111-126(99-40-21-43-102(121(99)106)129(116)131)124-89-31-11-9-25-79(89)63-67-108(124)135-111)97-38-18-16-36-95(97)117(130(103)133)84-55-47-76(48-56-84)77-49-57-85(58-50-77)118-96-37-17-13-33-92(96)114(81-27-5-3-6-28-81)128-101-42-20-39-98-120(101)105(132(118)128)70-110-123(98)104-66-61-80-26-10-12-32-91(80)134(104)137-110/h3-72H,1-2H3. The Labute approximate surface area is 786 Å². The monoisotopic (exact) mass is 1730 g/mol. The molecule has 3 heterocycles. The molecule has 0 saturated heterocycles. The average molecular weight is 1730 g/mol. The highest BCUT2D eigenvalue weighted by atomic mass is 16.3. The molecule has 0 radical (unpaired) electrons. The second-order valence-corrected chi connectivity index (χ2v) is 38.0. The molecule has 0 fully saturated rings. The zero-order chi connectivity index (χ0) is 89.4. The van der Waals surface area contributed by atoms with Crippen LogP contribution >= 0.6 is 0 Å². The minimum absolute atomic E-state index is 0.875. The maximum Gasteiger partial charge on any atom is 0.143 e. The molecule has 3 aliphatic carbocycles. The van der Waals surface area contributed by atoms with Gasteiger partial charge in [-0.1, -0.05) is 382 Å². The molecule has 3 aromatic heterocycles. The summed E-state index contributed by atoms with van der Waals surface area (Å²) in [7, 11) is 0. The molecular weight excluding hydrogens is 1660 g/mol. The predicted octanol–water partition coefficient (Wildman–Crippen LogP) is 38.3. The third kappa shape index (κ3) is 10.3. The molecular formula is C134H76O3. The molecule has 137 heavy (non-hydrogen) atoms. The molecule has 0 aliphatic heterocycles. The van der Waals surface area contributed by atoms with Crippen LogP contribution in [-0.2, 0) is 0 Å². The fourth-order valence-electron chi connectivity index (χ4n) is 25.5. The van der Waals surface area contributed by atoms with E-state index in [0.717, 1.165) is 99.4 Å². The van der Waals surface area contributed by atoms with E-state index < -0.39 is 0 Å². The number of fused-ring (bicyclic) bond motifs is 30. The van der Waals surface area contributed by atoms with Crippen molar-refractivity contribution in [2.45, 2.75) is 13.8 Å². The van der Waals surface area contributed by atoms with Crippen molar-refractivity contribution < 1.29 is 13.3 Å². The lowest BCUT2D eigenvalue weighted by Gasteiger charge is -2.21. The number of hydrogen-bond acceptors (Lipinski definition) is 3. The normalized spacial score (nSPS) is 12.5. The van der Waals surface area contributed by atoms with Crippen LogP contribution in [0.4, 0.5) is 0 Å². The van der Waals surface area contributed by atoms with E-state index in [1.165, 1.54) is 241 Å². The van der Waals surface area contributed by atoms with E-state index in [-0.39, 0.29) is 0 Å². The summed E-state index contributed by atoms with van der Waals surface area (Å²) in [4.78, 5) is 0. The van der Waals surface area contributed by atoms with Crippen molar-refractivity contribution in [1.82, 2.24) is 0 Å². The van der Waals surface area contributed by atoms with Crippen LogP contribution in [0.25, 0.3) is 330 Å². The van der Waals surface area contributed by atoms with E-state index in [0.29, 0.717) is 0 Å².